The molecule has 0 saturated heterocycles. The second-order valence-corrected chi connectivity index (χ2v) is 23.2. The van der Waals surface area contributed by atoms with E-state index in [-0.39, 0.29) is 16.2 Å². The van der Waals surface area contributed by atoms with Crippen LogP contribution >= 0.6 is 11.3 Å². The van der Waals surface area contributed by atoms with Crippen molar-refractivity contribution < 1.29 is 0 Å². The van der Waals surface area contributed by atoms with Crippen LogP contribution in [0.25, 0.3) is 32.4 Å². The molecule has 3 atom stereocenters. The summed E-state index contributed by atoms with van der Waals surface area (Å²) >= 11 is 1.82. The van der Waals surface area contributed by atoms with Crippen LogP contribution in [0.2, 0.25) is 0 Å². The third-order valence-corrected chi connectivity index (χ3v) is 17.6. The van der Waals surface area contributed by atoms with E-state index in [4.69, 9.17) is 0 Å². The summed E-state index contributed by atoms with van der Waals surface area (Å²) in [5.74, 6) is 1.31. The van der Waals surface area contributed by atoms with Gasteiger partial charge in [-0.05, 0) is 178 Å². The number of benzene rings is 5. The smallest absolute Gasteiger partial charge is 0.0710 e. The molecule has 1 saturated carbocycles. The predicted octanol–water partition coefficient (Wildman–Crippen LogP) is 21.5. The normalized spacial score (nSPS) is 22.9. The molecule has 5 aromatic carbocycles. The van der Waals surface area contributed by atoms with Gasteiger partial charge in [0.25, 0.3) is 0 Å². The number of hydrogen-bond donors (Lipinski definition) is 0. The summed E-state index contributed by atoms with van der Waals surface area (Å²) in [6, 6.07) is 44.5. The van der Waals surface area contributed by atoms with Crippen LogP contribution < -0.4 is 0 Å². The fourth-order valence-electron chi connectivity index (χ4n) is 12.7. The van der Waals surface area contributed by atoms with E-state index >= 15 is 0 Å². The fraction of sp³-hybridized carbons (Fsp3) is 0.280. The van der Waals surface area contributed by atoms with E-state index in [0.29, 0.717) is 11.8 Å². The number of rotatable bonds is 3. The van der Waals surface area contributed by atoms with Crippen LogP contribution in [-0.2, 0) is 11.8 Å². The molecule has 1 heterocycles. The van der Waals surface area contributed by atoms with Crippen LogP contribution in [0.3, 0.4) is 0 Å². The minimum atomic E-state index is -0.217. The van der Waals surface area contributed by atoms with Gasteiger partial charge in [-0.1, -0.05) is 254 Å². The third kappa shape index (κ3) is 10.7. The van der Waals surface area contributed by atoms with Crippen molar-refractivity contribution in [1.82, 2.24) is 0 Å². The maximum Gasteiger partial charge on any atom is 0.0710 e. The van der Waals surface area contributed by atoms with Gasteiger partial charge in [0.05, 0.1) is 5.41 Å². The highest BCUT2D eigenvalue weighted by molar-refractivity contribution is 7.17. The maximum atomic E-state index is 2.52. The number of thiophene rings is 1. The summed E-state index contributed by atoms with van der Waals surface area (Å²) in [6.07, 6.45) is 41.4. The van der Waals surface area contributed by atoms with Crippen LogP contribution in [0.15, 0.2) is 246 Å². The zero-order valence-electron chi connectivity index (χ0n) is 47.1. The minimum Gasteiger partial charge on any atom is -0.144 e. The molecular weight excluding hydrogens is 933 g/mol. The Kier molecular flexibility index (Phi) is 16.8. The van der Waals surface area contributed by atoms with Crippen LogP contribution in [0, 0.1) is 29.6 Å². The highest BCUT2D eigenvalue weighted by Gasteiger charge is 2.52. The van der Waals surface area contributed by atoms with Crippen LogP contribution in [0.5, 0.6) is 0 Å². The van der Waals surface area contributed by atoms with Crippen molar-refractivity contribution in [3.05, 3.63) is 285 Å². The molecule has 0 bridgehead atoms. The molecule has 1 aromatic heterocycles. The second-order valence-electron chi connectivity index (χ2n) is 22.2. The molecule has 1 fully saturated rings. The Morgan fingerprint density at radius 1 is 0.658 bits per heavy atom. The van der Waals surface area contributed by atoms with Crippen LogP contribution in [0.1, 0.15) is 133 Å². The van der Waals surface area contributed by atoms with E-state index in [0.717, 1.165) is 12.8 Å². The number of hydrogen-bond acceptors (Lipinski definition) is 1. The standard InChI is InChI=1S/C26H22.C18H24.C16H14S.C13H14.C2H6/c1-19-15-17-21(18-16-19)26(20-9-3-2-4-10-20)24-13-7-5-11-22(24)23-12-6-8-14-25(23)26;1-12-6-7-14-15(10-12)17(3,4)16-11-13(2)8-9-18(14,16)5;1-2-12-6-4-3-5-7-13-11-16-14(8-9-17-16)10-15(12)13;1-11-7-9-13(10-8-11)12-5-3-2-4-6-12;1-2/h2-15,17-19H,16H2,1H3;7-8,10-12H,6,9H2,1-5H3;2-6,8-11H,7H2,1H3;2-3,5,7-10H,4,6H2,1H3;1-2H3/b;;5-3-,6-4-,12-2-;;. The van der Waals surface area contributed by atoms with Crippen molar-refractivity contribution in [2.75, 3.05) is 0 Å². The lowest BCUT2D eigenvalue weighted by molar-refractivity contribution is 0.445. The molecule has 0 radical (unpaired) electrons. The van der Waals surface area contributed by atoms with Gasteiger partial charge >= 0.3 is 0 Å². The summed E-state index contributed by atoms with van der Waals surface area (Å²) in [5, 5.41) is 3.52. The van der Waals surface area contributed by atoms with Crippen molar-refractivity contribution in [3.8, 4) is 11.1 Å². The van der Waals surface area contributed by atoms with Gasteiger partial charge < -0.3 is 0 Å². The van der Waals surface area contributed by atoms with Gasteiger partial charge in [0.2, 0.25) is 0 Å². The number of allylic oxidation sites excluding steroid dienone is 22. The average Bonchev–Trinajstić information content (AvgIpc) is 4.09. The van der Waals surface area contributed by atoms with E-state index < -0.39 is 0 Å². The largest absolute Gasteiger partial charge is 0.144 e. The van der Waals surface area contributed by atoms with E-state index in [2.05, 4.69) is 273 Å². The average molecular weight is 1010 g/mol. The number of aryl methyl sites for hydroxylation is 1. The summed E-state index contributed by atoms with van der Waals surface area (Å²) in [6.45, 7) is 22.3. The molecule has 13 rings (SSSR count). The third-order valence-electron chi connectivity index (χ3n) is 16.7. The fourth-order valence-corrected chi connectivity index (χ4v) is 13.5. The SMILES string of the molecule is C/C=C1/C=C\C=C/Cc2cc3sccc3cc21.CC.CC1=CCC2(C)C3=CCC(C)C=C3C(C)(C)C2=C1.CC1C=CC(C2(c3ccccc3)c3ccccc3-c3ccccc32)=CC1.Cc1ccc(C2=CC=CCC2)cc1. The summed E-state index contributed by atoms with van der Waals surface area (Å²) < 4.78 is 1.39. The lowest BCUT2D eigenvalue weighted by Crippen LogP contribution is -2.29. The molecule has 76 heavy (non-hydrogen) atoms. The summed E-state index contributed by atoms with van der Waals surface area (Å²) in [4.78, 5) is 0. The first-order valence-corrected chi connectivity index (χ1v) is 29.2. The summed E-state index contributed by atoms with van der Waals surface area (Å²) in [5.41, 5.74) is 23.1. The molecule has 0 aliphatic heterocycles. The van der Waals surface area contributed by atoms with E-state index in [1.54, 1.807) is 16.7 Å². The van der Waals surface area contributed by atoms with Gasteiger partial charge in [-0.2, -0.15) is 0 Å². The van der Waals surface area contributed by atoms with Gasteiger partial charge in [0.1, 0.15) is 0 Å². The Bertz CT molecular complexity index is 3360. The van der Waals surface area contributed by atoms with Gasteiger partial charge in [0.15, 0.2) is 0 Å². The molecular formula is C75H80S. The van der Waals surface area contributed by atoms with Crippen molar-refractivity contribution in [2.24, 2.45) is 22.7 Å². The highest BCUT2D eigenvalue weighted by Crippen LogP contribution is 2.64. The lowest BCUT2D eigenvalue weighted by atomic mass is 9.66. The predicted molar refractivity (Wildman–Crippen MR) is 334 cm³/mol. The Morgan fingerprint density at radius 2 is 1.36 bits per heavy atom. The molecule has 7 aliphatic carbocycles. The van der Waals surface area contributed by atoms with E-state index in [1.807, 2.05) is 25.2 Å². The molecule has 0 amide bonds. The molecule has 0 spiro atoms. The topological polar surface area (TPSA) is 0 Å². The van der Waals surface area contributed by atoms with Crippen molar-refractivity contribution in [2.45, 2.75) is 113 Å². The Hall–Kier alpha value is -6.80. The molecule has 6 aromatic rings. The van der Waals surface area contributed by atoms with Gasteiger partial charge in [-0.25, -0.2) is 0 Å². The first-order chi connectivity index (χ1) is 36.9. The van der Waals surface area contributed by atoms with Crippen LogP contribution in [0.4, 0.5) is 0 Å². The van der Waals surface area contributed by atoms with Crippen molar-refractivity contribution in [3.63, 3.8) is 0 Å². The molecule has 3 unspecified atom stereocenters. The van der Waals surface area contributed by atoms with Crippen molar-refractivity contribution in [1.29, 1.82) is 0 Å². The second kappa shape index (κ2) is 23.6. The molecule has 0 nitrogen and oxygen atoms in total. The van der Waals surface area contributed by atoms with E-state index in [9.17, 15) is 0 Å². The quantitative estimate of drug-likeness (QED) is 0.166. The Balaban J connectivity index is 0.000000126. The molecule has 7 aliphatic rings. The zero-order valence-corrected chi connectivity index (χ0v) is 47.9. The van der Waals surface area contributed by atoms with E-state index in [1.165, 1.54) is 108 Å². The maximum absolute atomic E-state index is 2.52. The molecule has 1 heteroatoms. The van der Waals surface area contributed by atoms with Crippen molar-refractivity contribution >= 4 is 32.6 Å². The van der Waals surface area contributed by atoms with Gasteiger partial charge in [0, 0.05) is 15.5 Å². The van der Waals surface area contributed by atoms with Crippen LogP contribution in [-0.4, -0.2) is 0 Å². The van der Waals surface area contributed by atoms with Gasteiger partial charge in [-0.3, -0.25) is 0 Å². The Morgan fingerprint density at radius 3 is 2.03 bits per heavy atom. The first kappa shape index (κ1) is 54.0. The zero-order chi connectivity index (χ0) is 53.5. The number of fused-ring (bicyclic) bond motifs is 8. The molecule has 386 valence electrons. The lowest BCUT2D eigenvalue weighted by Gasteiger charge is -2.36. The minimum absolute atomic E-state index is 0.213. The monoisotopic (exact) mass is 1010 g/mol. The Labute approximate surface area is 461 Å². The first-order valence-electron chi connectivity index (χ1n) is 28.3. The van der Waals surface area contributed by atoms with Gasteiger partial charge in [-0.15, -0.1) is 11.3 Å². The molecule has 0 N–H and O–H groups in total. The highest BCUT2D eigenvalue weighted by atomic mass is 32.1. The summed E-state index contributed by atoms with van der Waals surface area (Å²) in [7, 11) is 0.